The first kappa shape index (κ1) is 18.6. The van der Waals surface area contributed by atoms with Crippen LogP contribution in [0.15, 0.2) is 11.6 Å². The first-order valence-electron chi connectivity index (χ1n) is 10.8. The van der Waals surface area contributed by atoms with Gasteiger partial charge in [0.1, 0.15) is 10.7 Å². The van der Waals surface area contributed by atoms with E-state index in [9.17, 15) is 10.4 Å². The van der Waals surface area contributed by atoms with Crippen molar-refractivity contribution < 1.29 is 5.11 Å². The van der Waals surface area contributed by atoms with Gasteiger partial charge in [-0.05, 0) is 91.6 Å². The fourth-order valence-electron chi connectivity index (χ4n) is 7.75. The highest BCUT2D eigenvalue weighted by molar-refractivity contribution is 7.71. The number of pyridine rings is 1. The van der Waals surface area contributed by atoms with Crippen molar-refractivity contribution in [2.45, 2.75) is 77.2 Å². The lowest BCUT2D eigenvalue weighted by Crippen LogP contribution is -2.51. The summed E-state index contributed by atoms with van der Waals surface area (Å²) in [6.07, 6.45) is 9.80. The van der Waals surface area contributed by atoms with Gasteiger partial charge in [-0.2, -0.15) is 5.26 Å². The molecule has 6 atom stereocenters. The van der Waals surface area contributed by atoms with Crippen molar-refractivity contribution in [1.29, 1.82) is 5.26 Å². The number of aryl methyl sites for hydroxylation is 1. The van der Waals surface area contributed by atoms with Crippen LogP contribution in [0.2, 0.25) is 0 Å². The number of hydrogen-bond donors (Lipinski definition) is 2. The fourth-order valence-corrected chi connectivity index (χ4v) is 8.07. The number of allylic oxidation sites excluding steroid dienone is 1. The molecule has 1 aromatic heterocycles. The van der Waals surface area contributed by atoms with Crippen molar-refractivity contribution in [1.82, 2.24) is 4.98 Å². The highest BCUT2D eigenvalue weighted by Gasteiger charge is 2.58. The summed E-state index contributed by atoms with van der Waals surface area (Å²) in [5, 5.41) is 20.0. The van der Waals surface area contributed by atoms with Gasteiger partial charge in [-0.25, -0.2) is 0 Å². The van der Waals surface area contributed by atoms with Crippen LogP contribution in [-0.2, 0) is 11.8 Å². The summed E-state index contributed by atoms with van der Waals surface area (Å²) in [6, 6.07) is 2.40. The van der Waals surface area contributed by atoms with Gasteiger partial charge >= 0.3 is 0 Å². The van der Waals surface area contributed by atoms with Crippen LogP contribution in [0.1, 0.15) is 74.8 Å². The number of nitrogens with zero attached hydrogens (tertiary/aromatic N) is 1. The molecule has 2 fully saturated rings. The number of nitriles is 1. The van der Waals surface area contributed by atoms with E-state index in [1.807, 2.05) is 0 Å². The van der Waals surface area contributed by atoms with Crippen LogP contribution < -0.4 is 0 Å². The molecule has 0 radical (unpaired) electrons. The van der Waals surface area contributed by atoms with Crippen molar-refractivity contribution >= 4 is 12.2 Å². The highest BCUT2D eigenvalue weighted by atomic mass is 32.1. The van der Waals surface area contributed by atoms with Crippen LogP contribution >= 0.6 is 12.2 Å². The van der Waals surface area contributed by atoms with Crippen molar-refractivity contribution in [2.75, 3.05) is 0 Å². The molecule has 0 spiro atoms. The van der Waals surface area contributed by atoms with E-state index in [2.05, 4.69) is 37.9 Å². The Hall–Kier alpha value is -1.44. The zero-order chi connectivity index (χ0) is 19.8. The van der Waals surface area contributed by atoms with E-state index >= 15 is 0 Å². The molecule has 28 heavy (non-hydrogen) atoms. The number of nitrogens with one attached hydrogen (secondary N) is 1. The van der Waals surface area contributed by atoms with E-state index in [-0.39, 0.29) is 16.9 Å². The molecule has 0 unspecified atom stereocenters. The Balaban J connectivity index is 1.60. The Morgan fingerprint density at radius 1 is 1.18 bits per heavy atom. The minimum atomic E-state index is -0.151. The minimum absolute atomic E-state index is 0.140. The number of H-pyrrole nitrogens is 1. The summed E-state index contributed by atoms with van der Waals surface area (Å²) < 4.78 is 0.608. The summed E-state index contributed by atoms with van der Waals surface area (Å²) in [4.78, 5) is 3.33. The molecule has 2 N–H and O–H groups in total. The molecular formula is C24H30N2OS. The second-order valence-electron chi connectivity index (χ2n) is 10.2. The highest BCUT2D eigenvalue weighted by Crippen LogP contribution is 2.64. The lowest BCUT2D eigenvalue weighted by Gasteiger charge is -2.57. The van der Waals surface area contributed by atoms with E-state index in [0.29, 0.717) is 28.0 Å². The summed E-state index contributed by atoms with van der Waals surface area (Å²) >= 11 is 5.49. The van der Waals surface area contributed by atoms with Crippen molar-refractivity contribution in [2.24, 2.45) is 23.2 Å². The molecule has 2 saturated carbocycles. The number of aromatic amines is 1. The predicted octanol–water partition coefficient (Wildman–Crippen LogP) is 5.26. The Kier molecular flexibility index (Phi) is 4.00. The van der Waals surface area contributed by atoms with Crippen LogP contribution in [0.4, 0.5) is 0 Å². The Labute approximate surface area is 172 Å². The molecule has 1 aromatic rings. The standard InChI is InChI=1S/C24H30N2OS/c1-13-21-17(18(12-25)22(28)26-13)11-20-16-5-4-14-10-15(27)6-8-23(14,2)19(16)7-9-24(20,21)3/h4,15-16,19-20,27H,5-11H2,1-3H3,(H,26,28)/t15-,16-,19+,20-,23-,24+/m0/s1. The average Bonchev–Trinajstić information content (AvgIpc) is 2.96. The third-order valence-electron chi connectivity index (χ3n) is 9.08. The molecule has 3 nitrogen and oxygen atoms in total. The van der Waals surface area contributed by atoms with Crippen LogP contribution in [0.25, 0.3) is 0 Å². The summed E-state index contributed by atoms with van der Waals surface area (Å²) in [7, 11) is 0. The molecule has 4 aliphatic rings. The van der Waals surface area contributed by atoms with Crippen molar-refractivity contribution in [3.8, 4) is 6.07 Å². The second kappa shape index (κ2) is 6.03. The van der Waals surface area contributed by atoms with Crippen LogP contribution in [0, 0.1) is 46.1 Å². The Morgan fingerprint density at radius 3 is 2.68 bits per heavy atom. The summed E-state index contributed by atoms with van der Waals surface area (Å²) in [5.41, 5.74) is 6.41. The monoisotopic (exact) mass is 394 g/mol. The largest absolute Gasteiger partial charge is 0.393 e. The molecule has 1 heterocycles. The minimum Gasteiger partial charge on any atom is -0.393 e. The molecule has 0 saturated heterocycles. The molecular weight excluding hydrogens is 364 g/mol. The molecule has 0 bridgehead atoms. The number of aliphatic hydroxyl groups is 1. The molecule has 0 aromatic carbocycles. The molecule has 4 heteroatoms. The fraction of sp³-hybridized carbons (Fsp3) is 0.667. The van der Waals surface area contributed by atoms with Crippen LogP contribution in [0.3, 0.4) is 0 Å². The van der Waals surface area contributed by atoms with Gasteiger partial charge in [-0.3, -0.25) is 0 Å². The molecule has 0 amide bonds. The van der Waals surface area contributed by atoms with E-state index in [0.717, 1.165) is 32.1 Å². The van der Waals surface area contributed by atoms with Crippen molar-refractivity contribution in [3.05, 3.63) is 38.7 Å². The SMILES string of the molecule is Cc1[nH]c(=S)c(C#N)c2c1[C@]1(C)CC[C@@H]3[C@H](CC=C4C[C@@H](O)CC[C@@]43C)[C@@H]1C2. The summed E-state index contributed by atoms with van der Waals surface area (Å²) in [5.74, 6) is 1.94. The number of rotatable bonds is 0. The van der Waals surface area contributed by atoms with Gasteiger partial charge in [0.25, 0.3) is 0 Å². The van der Waals surface area contributed by atoms with Gasteiger partial charge in [-0.15, -0.1) is 0 Å². The lowest BCUT2D eigenvalue weighted by atomic mass is 9.47. The number of hydrogen-bond acceptors (Lipinski definition) is 3. The smallest absolute Gasteiger partial charge is 0.121 e. The first-order valence-corrected chi connectivity index (χ1v) is 11.2. The zero-order valence-electron chi connectivity index (χ0n) is 17.1. The van der Waals surface area contributed by atoms with Crippen LogP contribution in [-0.4, -0.2) is 16.2 Å². The van der Waals surface area contributed by atoms with Gasteiger partial charge in [-0.1, -0.05) is 37.7 Å². The maximum absolute atomic E-state index is 10.2. The molecule has 148 valence electrons. The lowest BCUT2D eigenvalue weighted by molar-refractivity contribution is -0.0164. The van der Waals surface area contributed by atoms with E-state index in [1.165, 1.54) is 35.2 Å². The third kappa shape index (κ3) is 2.27. The Morgan fingerprint density at radius 2 is 1.93 bits per heavy atom. The average molecular weight is 395 g/mol. The maximum Gasteiger partial charge on any atom is 0.121 e. The van der Waals surface area contributed by atoms with Gasteiger partial charge < -0.3 is 10.1 Å². The molecule has 4 aliphatic carbocycles. The number of aliphatic hydroxyl groups excluding tert-OH is 1. The normalized spacial score (nSPS) is 41.2. The molecule has 0 aliphatic heterocycles. The van der Waals surface area contributed by atoms with Gasteiger partial charge in [0, 0.05) is 5.69 Å². The maximum atomic E-state index is 10.2. The zero-order valence-corrected chi connectivity index (χ0v) is 18.0. The third-order valence-corrected chi connectivity index (χ3v) is 9.39. The number of fused-ring (bicyclic) bond motifs is 7. The van der Waals surface area contributed by atoms with Crippen LogP contribution in [0.5, 0.6) is 0 Å². The Bertz CT molecular complexity index is 986. The second-order valence-corrected chi connectivity index (χ2v) is 10.6. The van der Waals surface area contributed by atoms with Gasteiger partial charge in [0.05, 0.1) is 11.7 Å². The first-order chi connectivity index (χ1) is 13.3. The topological polar surface area (TPSA) is 59.8 Å². The molecule has 5 rings (SSSR count). The van der Waals surface area contributed by atoms with Crippen molar-refractivity contribution in [3.63, 3.8) is 0 Å². The summed E-state index contributed by atoms with van der Waals surface area (Å²) in [6.45, 7) is 7.04. The van der Waals surface area contributed by atoms with E-state index in [1.54, 1.807) is 0 Å². The van der Waals surface area contributed by atoms with Gasteiger partial charge in [0.2, 0.25) is 0 Å². The van der Waals surface area contributed by atoms with E-state index in [4.69, 9.17) is 12.2 Å². The quantitative estimate of drug-likeness (QED) is 0.466. The van der Waals surface area contributed by atoms with E-state index < -0.39 is 0 Å². The predicted molar refractivity (Wildman–Crippen MR) is 113 cm³/mol. The number of aromatic nitrogens is 1. The van der Waals surface area contributed by atoms with Gasteiger partial charge in [0.15, 0.2) is 0 Å².